The molecule has 0 bridgehead atoms. The van der Waals surface area contributed by atoms with E-state index in [0.29, 0.717) is 29.6 Å². The Balaban J connectivity index is 2.03. The minimum Gasteiger partial charge on any atom is -0.491 e. The van der Waals surface area contributed by atoms with E-state index in [9.17, 15) is 0 Å². The fourth-order valence-electron chi connectivity index (χ4n) is 2.19. The number of aromatic nitrogens is 4. The average molecular weight is 304 g/mol. The van der Waals surface area contributed by atoms with Crippen molar-refractivity contribution in [2.75, 3.05) is 6.61 Å². The highest BCUT2D eigenvalue weighted by Gasteiger charge is 2.11. The van der Waals surface area contributed by atoms with Crippen LogP contribution in [0, 0.1) is 11.7 Å². The summed E-state index contributed by atoms with van der Waals surface area (Å²) in [5.74, 6) is 1.95. The van der Waals surface area contributed by atoms with E-state index < -0.39 is 0 Å². The summed E-state index contributed by atoms with van der Waals surface area (Å²) in [6, 6.07) is 5.88. The van der Waals surface area contributed by atoms with E-state index in [4.69, 9.17) is 21.5 Å². The van der Waals surface area contributed by atoms with Crippen LogP contribution in [-0.2, 0) is 6.54 Å². The number of ether oxygens (including phenoxy) is 1. The van der Waals surface area contributed by atoms with Gasteiger partial charge in [0.2, 0.25) is 5.89 Å². The Kier molecular flexibility index (Phi) is 3.74. The van der Waals surface area contributed by atoms with Gasteiger partial charge in [0.15, 0.2) is 10.6 Å². The first-order chi connectivity index (χ1) is 10.2. The van der Waals surface area contributed by atoms with Gasteiger partial charge in [-0.1, -0.05) is 18.1 Å². The smallest absolute Gasteiger partial charge is 0.223 e. The Bertz CT molecular complexity index is 818. The van der Waals surface area contributed by atoms with Gasteiger partial charge < -0.3 is 18.8 Å². The van der Waals surface area contributed by atoms with Crippen LogP contribution in [0.25, 0.3) is 11.0 Å². The summed E-state index contributed by atoms with van der Waals surface area (Å²) < 4.78 is 13.3. The van der Waals surface area contributed by atoms with Gasteiger partial charge in [0, 0.05) is 6.92 Å². The third-order valence-corrected chi connectivity index (χ3v) is 3.43. The molecule has 0 fully saturated rings. The maximum atomic E-state index is 5.75. The summed E-state index contributed by atoms with van der Waals surface area (Å²) in [6.45, 7) is 4.98. The van der Waals surface area contributed by atoms with E-state index in [1.54, 1.807) is 6.92 Å². The van der Waals surface area contributed by atoms with Crippen molar-refractivity contribution in [3.8, 4) is 5.75 Å². The highest BCUT2D eigenvalue weighted by atomic mass is 32.1. The molecule has 1 aromatic carbocycles. The molecular weight excluding hydrogens is 288 g/mol. The summed E-state index contributed by atoms with van der Waals surface area (Å²) >= 11 is 5.40. The summed E-state index contributed by atoms with van der Waals surface area (Å²) in [5.41, 5.74) is 1.87. The quantitative estimate of drug-likeness (QED) is 0.733. The lowest BCUT2D eigenvalue weighted by atomic mass is 10.3. The summed E-state index contributed by atoms with van der Waals surface area (Å²) in [4.78, 5) is 7.41. The Hall–Kier alpha value is -2.15. The molecule has 3 aromatic rings. The maximum absolute atomic E-state index is 5.75. The van der Waals surface area contributed by atoms with Crippen molar-refractivity contribution in [3.63, 3.8) is 0 Å². The number of fused-ring (bicyclic) bond motifs is 1. The van der Waals surface area contributed by atoms with Crippen LogP contribution in [0.4, 0.5) is 0 Å². The fraction of sp³-hybridized carbons (Fsp3) is 0.357. The van der Waals surface area contributed by atoms with Crippen molar-refractivity contribution in [2.24, 2.45) is 0 Å². The second-order valence-corrected chi connectivity index (χ2v) is 5.13. The van der Waals surface area contributed by atoms with Crippen LogP contribution in [0.15, 0.2) is 22.7 Å². The molecule has 1 N–H and O–H groups in total. The number of aryl methyl sites for hydroxylation is 1. The number of imidazole rings is 1. The molecular formula is C14H16N4O2S. The van der Waals surface area contributed by atoms with E-state index >= 15 is 0 Å². The van der Waals surface area contributed by atoms with Crippen LogP contribution in [0.2, 0.25) is 0 Å². The SMILES string of the molecule is CCCOc1cccc2c1[nH]c(=S)n2Cc1noc(C)n1. The highest BCUT2D eigenvalue weighted by Crippen LogP contribution is 2.25. The van der Waals surface area contributed by atoms with E-state index in [-0.39, 0.29) is 0 Å². The number of H-pyrrole nitrogens is 1. The first kappa shape index (κ1) is 13.8. The zero-order valence-corrected chi connectivity index (χ0v) is 12.7. The van der Waals surface area contributed by atoms with Gasteiger partial charge in [0.25, 0.3) is 0 Å². The van der Waals surface area contributed by atoms with Crippen molar-refractivity contribution < 1.29 is 9.26 Å². The van der Waals surface area contributed by atoms with E-state index in [0.717, 1.165) is 23.2 Å². The normalized spacial score (nSPS) is 11.1. The van der Waals surface area contributed by atoms with Crippen molar-refractivity contribution in [3.05, 3.63) is 34.7 Å². The number of rotatable bonds is 5. The van der Waals surface area contributed by atoms with Crippen LogP contribution in [0.3, 0.4) is 0 Å². The third kappa shape index (κ3) is 2.69. The second kappa shape index (κ2) is 5.69. The Labute approximate surface area is 126 Å². The summed E-state index contributed by atoms with van der Waals surface area (Å²) in [5, 5.41) is 3.91. The van der Waals surface area contributed by atoms with Gasteiger partial charge in [-0.3, -0.25) is 0 Å². The van der Waals surface area contributed by atoms with Gasteiger partial charge in [-0.15, -0.1) is 0 Å². The number of benzene rings is 1. The summed E-state index contributed by atoms with van der Waals surface area (Å²) in [7, 11) is 0. The van der Waals surface area contributed by atoms with Crippen molar-refractivity contribution >= 4 is 23.3 Å². The van der Waals surface area contributed by atoms with Gasteiger partial charge >= 0.3 is 0 Å². The molecule has 2 heterocycles. The van der Waals surface area contributed by atoms with E-state index in [1.807, 2.05) is 22.8 Å². The molecule has 6 nitrogen and oxygen atoms in total. The number of para-hydroxylation sites is 1. The van der Waals surface area contributed by atoms with Gasteiger partial charge in [0.05, 0.1) is 18.7 Å². The van der Waals surface area contributed by atoms with Crippen molar-refractivity contribution in [1.29, 1.82) is 0 Å². The Morgan fingerprint density at radius 3 is 3.00 bits per heavy atom. The molecule has 7 heteroatoms. The molecule has 2 aromatic heterocycles. The van der Waals surface area contributed by atoms with Crippen molar-refractivity contribution in [2.45, 2.75) is 26.8 Å². The fourth-order valence-corrected chi connectivity index (χ4v) is 2.46. The molecule has 110 valence electrons. The number of nitrogens with zero attached hydrogens (tertiary/aromatic N) is 3. The lowest BCUT2D eigenvalue weighted by Crippen LogP contribution is -2.01. The first-order valence-corrected chi connectivity index (χ1v) is 7.23. The standard InChI is InChI=1S/C14H16N4O2S/c1-3-7-19-11-6-4-5-10-13(11)16-14(21)18(10)8-12-15-9(2)20-17-12/h4-6H,3,7-8H2,1-2H3,(H,16,21). The molecule has 0 unspecified atom stereocenters. The van der Waals surface area contributed by atoms with Crippen LogP contribution >= 0.6 is 12.2 Å². The third-order valence-electron chi connectivity index (χ3n) is 3.10. The molecule has 0 saturated heterocycles. The number of nitrogens with one attached hydrogen (secondary N) is 1. The van der Waals surface area contributed by atoms with Crippen molar-refractivity contribution in [1.82, 2.24) is 19.7 Å². The summed E-state index contributed by atoms with van der Waals surface area (Å²) in [6.07, 6.45) is 0.958. The molecule has 0 saturated carbocycles. The minimum absolute atomic E-state index is 0.466. The van der Waals surface area contributed by atoms with Gasteiger partial charge in [-0.05, 0) is 30.8 Å². The zero-order chi connectivity index (χ0) is 14.8. The number of aromatic amines is 1. The van der Waals surface area contributed by atoms with E-state index in [1.165, 1.54) is 0 Å². The largest absolute Gasteiger partial charge is 0.491 e. The molecule has 0 atom stereocenters. The second-order valence-electron chi connectivity index (χ2n) is 4.74. The predicted octanol–water partition coefficient (Wildman–Crippen LogP) is 3.23. The molecule has 0 aliphatic carbocycles. The van der Waals surface area contributed by atoms with Gasteiger partial charge in [-0.25, -0.2) is 0 Å². The maximum Gasteiger partial charge on any atom is 0.223 e. The monoisotopic (exact) mass is 304 g/mol. The zero-order valence-electron chi connectivity index (χ0n) is 11.9. The van der Waals surface area contributed by atoms with Crippen LogP contribution in [0.5, 0.6) is 5.75 Å². The van der Waals surface area contributed by atoms with Gasteiger partial charge in [-0.2, -0.15) is 4.98 Å². The first-order valence-electron chi connectivity index (χ1n) is 6.82. The Morgan fingerprint density at radius 1 is 1.43 bits per heavy atom. The minimum atomic E-state index is 0.466. The predicted molar refractivity (Wildman–Crippen MR) is 81.0 cm³/mol. The molecule has 0 spiro atoms. The molecule has 21 heavy (non-hydrogen) atoms. The van der Waals surface area contributed by atoms with Crippen LogP contribution in [0.1, 0.15) is 25.1 Å². The lowest BCUT2D eigenvalue weighted by Gasteiger charge is -2.06. The molecule has 0 amide bonds. The number of hydrogen-bond acceptors (Lipinski definition) is 5. The lowest BCUT2D eigenvalue weighted by molar-refractivity contribution is 0.320. The highest BCUT2D eigenvalue weighted by molar-refractivity contribution is 7.71. The average Bonchev–Trinajstić information content (AvgIpc) is 3.02. The van der Waals surface area contributed by atoms with E-state index in [2.05, 4.69) is 22.0 Å². The molecule has 0 radical (unpaired) electrons. The molecule has 0 aliphatic heterocycles. The van der Waals surface area contributed by atoms with Crippen LogP contribution in [-0.4, -0.2) is 26.3 Å². The number of hydrogen-bond donors (Lipinski definition) is 1. The Morgan fingerprint density at radius 2 is 2.29 bits per heavy atom. The topological polar surface area (TPSA) is 68.9 Å². The molecule has 0 aliphatic rings. The van der Waals surface area contributed by atoms with Crippen LogP contribution < -0.4 is 4.74 Å². The van der Waals surface area contributed by atoms with Gasteiger partial charge in [0.1, 0.15) is 11.3 Å². The molecule has 3 rings (SSSR count).